The van der Waals surface area contributed by atoms with Crippen molar-refractivity contribution in [2.24, 2.45) is 5.73 Å². The molecule has 0 aromatic heterocycles. The first-order valence-electron chi connectivity index (χ1n) is 8.85. The lowest BCUT2D eigenvalue weighted by Gasteiger charge is -2.17. The molecule has 0 spiro atoms. The van der Waals surface area contributed by atoms with Gasteiger partial charge >= 0.3 is 0 Å². The quantitative estimate of drug-likeness (QED) is 0.299. The Kier molecular flexibility index (Phi) is 17.1. The molecule has 5 N–H and O–H groups in total. The van der Waals surface area contributed by atoms with Crippen LogP contribution in [0.5, 0.6) is 0 Å². The Morgan fingerprint density at radius 2 is 1.68 bits per heavy atom. The summed E-state index contributed by atoms with van der Waals surface area (Å²) in [6, 6.07) is -0.621. The maximum absolute atomic E-state index is 12.1. The molecular formula is C19H36N4O2. The van der Waals surface area contributed by atoms with Gasteiger partial charge < -0.3 is 21.7 Å². The lowest BCUT2D eigenvalue weighted by molar-refractivity contribution is -0.123. The van der Waals surface area contributed by atoms with Crippen LogP contribution < -0.4 is 21.7 Å². The van der Waals surface area contributed by atoms with Crippen LogP contribution in [0.2, 0.25) is 0 Å². The van der Waals surface area contributed by atoms with Gasteiger partial charge in [-0.3, -0.25) is 9.59 Å². The summed E-state index contributed by atoms with van der Waals surface area (Å²) in [7, 11) is 3.46. The number of hydrogen-bond donors (Lipinski definition) is 4. The molecule has 25 heavy (non-hydrogen) atoms. The van der Waals surface area contributed by atoms with Crippen LogP contribution in [0.15, 0.2) is 37.0 Å². The van der Waals surface area contributed by atoms with Gasteiger partial charge in [-0.25, -0.2) is 0 Å². The van der Waals surface area contributed by atoms with Gasteiger partial charge in [0, 0.05) is 6.54 Å². The standard InChI is InChI=1S/C17H30N4O2.C2H6/c1-5-9-13(6-2)12-15(20-4)17(23)21-11-8-7-10-14(19-3)16(18)22;1-2/h5-6,9,14-15,19-20H,1-2,7-8,10-12H2,3-4H3,(H2,18,22)(H,21,23);1-2H3/b13-9+;. The molecule has 2 amide bonds. The summed E-state index contributed by atoms with van der Waals surface area (Å²) >= 11 is 0. The molecule has 0 heterocycles. The minimum absolute atomic E-state index is 0.0515. The van der Waals surface area contributed by atoms with Gasteiger partial charge in [0.15, 0.2) is 0 Å². The first kappa shape index (κ1) is 25.3. The van der Waals surface area contributed by atoms with Crippen molar-refractivity contribution in [1.29, 1.82) is 0 Å². The van der Waals surface area contributed by atoms with Crippen LogP contribution in [0.3, 0.4) is 0 Å². The number of likely N-dealkylation sites (N-methyl/N-ethyl adjacent to an activating group) is 2. The number of hydrogen-bond acceptors (Lipinski definition) is 4. The SMILES string of the molecule is C=C/C=C(\C=C)CC(NC)C(=O)NCCCCC(NC)C(N)=O.CC. The van der Waals surface area contributed by atoms with Crippen molar-refractivity contribution < 1.29 is 9.59 Å². The average molecular weight is 353 g/mol. The zero-order chi connectivity index (χ0) is 19.7. The lowest BCUT2D eigenvalue weighted by atomic mass is 10.0. The molecular weight excluding hydrogens is 316 g/mol. The predicted molar refractivity (Wildman–Crippen MR) is 106 cm³/mol. The van der Waals surface area contributed by atoms with Crippen molar-refractivity contribution >= 4 is 11.8 Å². The van der Waals surface area contributed by atoms with E-state index in [1.165, 1.54) is 0 Å². The first-order valence-corrected chi connectivity index (χ1v) is 8.85. The van der Waals surface area contributed by atoms with E-state index < -0.39 is 0 Å². The van der Waals surface area contributed by atoms with Crippen LogP contribution in [0.1, 0.15) is 39.5 Å². The highest BCUT2D eigenvalue weighted by Gasteiger charge is 2.16. The van der Waals surface area contributed by atoms with Crippen LogP contribution in [-0.2, 0) is 9.59 Å². The molecule has 0 rings (SSSR count). The fourth-order valence-electron chi connectivity index (χ4n) is 2.17. The van der Waals surface area contributed by atoms with Crippen LogP contribution in [0.4, 0.5) is 0 Å². The maximum atomic E-state index is 12.1. The predicted octanol–water partition coefficient (Wildman–Crippen LogP) is 1.65. The largest absolute Gasteiger partial charge is 0.368 e. The molecule has 0 saturated heterocycles. The number of carbonyl (C=O) groups is 2. The van der Waals surface area contributed by atoms with Crippen LogP contribution in [0.25, 0.3) is 0 Å². The highest BCUT2D eigenvalue weighted by Crippen LogP contribution is 2.07. The summed E-state index contributed by atoms with van der Waals surface area (Å²) in [5, 5.41) is 8.78. The van der Waals surface area contributed by atoms with Crippen molar-refractivity contribution in [3.8, 4) is 0 Å². The van der Waals surface area contributed by atoms with Gasteiger partial charge in [0.25, 0.3) is 0 Å². The molecule has 0 radical (unpaired) electrons. The molecule has 144 valence electrons. The lowest BCUT2D eigenvalue weighted by Crippen LogP contribution is -2.43. The van der Waals surface area contributed by atoms with E-state index in [1.807, 2.05) is 19.9 Å². The van der Waals surface area contributed by atoms with Gasteiger partial charge in [0.1, 0.15) is 0 Å². The summed E-state index contributed by atoms with van der Waals surface area (Å²) in [5.41, 5.74) is 6.20. The number of primary amides is 1. The minimum Gasteiger partial charge on any atom is -0.368 e. The van der Waals surface area contributed by atoms with Gasteiger partial charge in [-0.15, -0.1) is 0 Å². The third kappa shape index (κ3) is 12.1. The highest BCUT2D eigenvalue weighted by atomic mass is 16.2. The summed E-state index contributed by atoms with van der Waals surface area (Å²) in [5.74, 6) is -0.401. The van der Waals surface area contributed by atoms with E-state index in [-0.39, 0.29) is 23.9 Å². The van der Waals surface area contributed by atoms with E-state index >= 15 is 0 Å². The summed E-state index contributed by atoms with van der Waals surface area (Å²) in [4.78, 5) is 23.2. The molecule has 0 aliphatic carbocycles. The number of unbranched alkanes of at least 4 members (excludes halogenated alkanes) is 1. The Balaban J connectivity index is 0. The molecule has 0 aromatic rings. The molecule has 6 nitrogen and oxygen atoms in total. The summed E-state index contributed by atoms with van der Waals surface area (Å²) in [6.45, 7) is 11.9. The molecule has 2 unspecified atom stereocenters. The Morgan fingerprint density at radius 1 is 1.08 bits per heavy atom. The van der Waals surface area contributed by atoms with E-state index in [4.69, 9.17) is 5.73 Å². The number of carbonyl (C=O) groups excluding carboxylic acids is 2. The minimum atomic E-state index is -0.349. The highest BCUT2D eigenvalue weighted by molar-refractivity contribution is 5.82. The molecule has 0 fully saturated rings. The Labute approximate surface area is 153 Å². The Hall–Kier alpha value is -1.92. The molecule has 0 aliphatic heterocycles. The van der Waals surface area contributed by atoms with Gasteiger partial charge in [-0.2, -0.15) is 0 Å². The second-order valence-corrected chi connectivity index (χ2v) is 5.26. The van der Waals surface area contributed by atoms with Crippen molar-refractivity contribution in [3.63, 3.8) is 0 Å². The smallest absolute Gasteiger partial charge is 0.237 e. The van der Waals surface area contributed by atoms with Crippen molar-refractivity contribution in [2.45, 2.75) is 51.6 Å². The van der Waals surface area contributed by atoms with E-state index in [0.717, 1.165) is 18.4 Å². The Morgan fingerprint density at radius 3 is 2.12 bits per heavy atom. The van der Waals surface area contributed by atoms with Gasteiger partial charge in [0.05, 0.1) is 12.1 Å². The fourth-order valence-corrected chi connectivity index (χ4v) is 2.17. The van der Waals surface area contributed by atoms with Gasteiger partial charge in [-0.1, -0.05) is 45.2 Å². The zero-order valence-electron chi connectivity index (χ0n) is 16.2. The number of amides is 2. The van der Waals surface area contributed by atoms with E-state index in [0.29, 0.717) is 19.4 Å². The number of nitrogens with two attached hydrogens (primary N) is 1. The second-order valence-electron chi connectivity index (χ2n) is 5.26. The fraction of sp³-hybridized carbons (Fsp3) is 0.579. The number of nitrogens with one attached hydrogen (secondary N) is 3. The van der Waals surface area contributed by atoms with Crippen LogP contribution in [-0.4, -0.2) is 44.5 Å². The number of allylic oxidation sites excluding steroid dienone is 3. The zero-order valence-corrected chi connectivity index (χ0v) is 16.2. The van der Waals surface area contributed by atoms with E-state index in [1.54, 1.807) is 26.2 Å². The normalized spacial score (nSPS) is 13.0. The third-order valence-corrected chi connectivity index (χ3v) is 3.61. The number of rotatable bonds is 13. The molecule has 0 bridgehead atoms. The van der Waals surface area contributed by atoms with Gasteiger partial charge in [0.2, 0.25) is 11.8 Å². The summed E-state index contributed by atoms with van der Waals surface area (Å²) in [6.07, 6.45) is 8.07. The molecule has 6 heteroatoms. The van der Waals surface area contributed by atoms with Crippen LogP contribution >= 0.6 is 0 Å². The van der Waals surface area contributed by atoms with Crippen molar-refractivity contribution in [3.05, 3.63) is 37.0 Å². The maximum Gasteiger partial charge on any atom is 0.237 e. The molecule has 0 aliphatic rings. The summed E-state index contributed by atoms with van der Waals surface area (Å²) < 4.78 is 0. The van der Waals surface area contributed by atoms with Gasteiger partial charge in [-0.05, 0) is 45.4 Å². The molecule has 0 saturated carbocycles. The van der Waals surface area contributed by atoms with Crippen LogP contribution in [0, 0.1) is 0 Å². The topological polar surface area (TPSA) is 96.2 Å². The van der Waals surface area contributed by atoms with Crippen molar-refractivity contribution in [1.82, 2.24) is 16.0 Å². The first-order chi connectivity index (χ1) is 12.0. The van der Waals surface area contributed by atoms with E-state index in [2.05, 4.69) is 29.1 Å². The third-order valence-electron chi connectivity index (χ3n) is 3.61. The van der Waals surface area contributed by atoms with E-state index in [9.17, 15) is 9.59 Å². The second kappa shape index (κ2) is 16.9. The monoisotopic (exact) mass is 352 g/mol. The Bertz CT molecular complexity index is 433. The molecule has 0 aromatic carbocycles. The van der Waals surface area contributed by atoms with Crippen molar-refractivity contribution in [2.75, 3.05) is 20.6 Å². The molecule has 2 atom stereocenters. The average Bonchev–Trinajstić information content (AvgIpc) is 2.62.